The van der Waals surface area contributed by atoms with Crippen LogP contribution in [0.3, 0.4) is 0 Å². The van der Waals surface area contributed by atoms with Crippen molar-refractivity contribution in [3.63, 3.8) is 0 Å². The largest absolute Gasteiger partial charge is 0.481 e. The van der Waals surface area contributed by atoms with Crippen LogP contribution in [-0.2, 0) is 28.8 Å². The number of carboxylic acid groups (broad SMARTS) is 2. The van der Waals surface area contributed by atoms with Crippen molar-refractivity contribution in [1.82, 2.24) is 21.3 Å². The summed E-state index contributed by atoms with van der Waals surface area (Å²) in [7, 11) is 0. The van der Waals surface area contributed by atoms with Crippen molar-refractivity contribution in [2.45, 2.75) is 69.1 Å². The van der Waals surface area contributed by atoms with Gasteiger partial charge in [-0.15, -0.1) is 0 Å². The van der Waals surface area contributed by atoms with Gasteiger partial charge in [0.05, 0.1) is 12.5 Å². The predicted octanol–water partition coefficient (Wildman–Crippen LogP) is -3.93. The number of nitrogens with two attached hydrogens (primary N) is 3. The number of carboxylic acids is 2. The summed E-state index contributed by atoms with van der Waals surface area (Å²) in [6.45, 7) is 0.795. The van der Waals surface area contributed by atoms with Gasteiger partial charge in [-0.3, -0.25) is 29.0 Å². The second-order valence-electron chi connectivity index (χ2n) is 8.22. The van der Waals surface area contributed by atoms with Crippen molar-refractivity contribution in [3.05, 3.63) is 0 Å². The molecule has 0 aliphatic carbocycles. The van der Waals surface area contributed by atoms with Crippen LogP contribution in [0.1, 0.15) is 44.9 Å². The van der Waals surface area contributed by atoms with Crippen molar-refractivity contribution in [2.24, 2.45) is 22.2 Å². The van der Waals surface area contributed by atoms with Crippen molar-refractivity contribution in [2.75, 3.05) is 13.1 Å². The number of aliphatic carboxylic acids is 2. The van der Waals surface area contributed by atoms with Gasteiger partial charge in [-0.25, -0.2) is 4.79 Å². The van der Waals surface area contributed by atoms with Gasteiger partial charge < -0.3 is 48.7 Å². The van der Waals surface area contributed by atoms with Crippen LogP contribution < -0.4 is 38.5 Å². The highest BCUT2D eigenvalue weighted by Gasteiger charge is 2.32. The van der Waals surface area contributed by atoms with E-state index in [1.165, 1.54) is 0 Å². The van der Waals surface area contributed by atoms with E-state index in [0.717, 1.165) is 6.42 Å². The zero-order chi connectivity index (χ0) is 27.3. The molecule has 0 radical (unpaired) electrons. The van der Waals surface area contributed by atoms with Crippen molar-refractivity contribution >= 4 is 41.5 Å². The molecule has 1 saturated heterocycles. The molecule has 1 aliphatic heterocycles. The molecule has 0 aromatic rings. The van der Waals surface area contributed by atoms with Gasteiger partial charge in [0.2, 0.25) is 23.6 Å². The number of hydrogen-bond acceptors (Lipinski definition) is 8. The lowest BCUT2D eigenvalue weighted by atomic mass is 10.1. The molecule has 4 amide bonds. The van der Waals surface area contributed by atoms with Gasteiger partial charge in [-0.2, -0.15) is 0 Å². The Morgan fingerprint density at radius 2 is 1.56 bits per heavy atom. The van der Waals surface area contributed by atoms with Crippen LogP contribution in [0.2, 0.25) is 0 Å². The van der Waals surface area contributed by atoms with E-state index in [9.17, 15) is 39.0 Å². The average Bonchev–Trinajstić information content (AvgIpc) is 3.32. The molecule has 16 nitrogen and oxygen atoms in total. The van der Waals surface area contributed by atoms with Crippen LogP contribution in [0.4, 0.5) is 0 Å². The molecule has 1 heterocycles. The number of rotatable bonds is 16. The second-order valence-corrected chi connectivity index (χ2v) is 8.22. The van der Waals surface area contributed by atoms with E-state index in [1.54, 1.807) is 0 Å². The molecule has 12 N–H and O–H groups in total. The van der Waals surface area contributed by atoms with Crippen molar-refractivity contribution in [1.29, 1.82) is 0 Å². The summed E-state index contributed by atoms with van der Waals surface area (Å²) in [5.74, 6) is -6.24. The fourth-order valence-electron chi connectivity index (χ4n) is 3.43. The minimum Gasteiger partial charge on any atom is -0.481 e. The van der Waals surface area contributed by atoms with E-state index in [2.05, 4.69) is 26.3 Å². The van der Waals surface area contributed by atoms with Crippen molar-refractivity contribution < 1.29 is 39.0 Å². The smallest absolute Gasteiger partial charge is 0.326 e. The van der Waals surface area contributed by atoms with E-state index in [0.29, 0.717) is 13.0 Å². The molecule has 1 rings (SSSR count). The zero-order valence-corrected chi connectivity index (χ0v) is 19.7. The molecule has 16 heteroatoms. The Hall–Kier alpha value is -3.95. The topological polar surface area (TPSA) is 281 Å². The average molecular weight is 515 g/mol. The van der Waals surface area contributed by atoms with Crippen LogP contribution in [0.15, 0.2) is 4.99 Å². The molecule has 4 unspecified atom stereocenters. The Kier molecular flexibility index (Phi) is 12.6. The highest BCUT2D eigenvalue weighted by atomic mass is 16.4. The number of primary amides is 1. The number of nitrogens with one attached hydrogen (secondary N) is 4. The molecular formula is C20H34N8O8. The van der Waals surface area contributed by atoms with Gasteiger partial charge in [0.1, 0.15) is 18.1 Å². The molecule has 202 valence electrons. The fourth-order valence-corrected chi connectivity index (χ4v) is 3.43. The maximum Gasteiger partial charge on any atom is 0.326 e. The molecule has 36 heavy (non-hydrogen) atoms. The molecular weight excluding hydrogens is 480 g/mol. The SMILES string of the molecule is NC(=O)CCC(NC(=O)C(CC(=O)O)NC(=O)C(CCCN=C(N)N)NC(=O)C1CCCN1)C(=O)O. The molecule has 0 aromatic heterocycles. The minimum atomic E-state index is -1.66. The normalized spacial score (nSPS) is 17.2. The van der Waals surface area contributed by atoms with E-state index >= 15 is 0 Å². The molecule has 1 aliphatic rings. The first-order chi connectivity index (χ1) is 16.9. The number of aliphatic imine (C=N–C) groups is 1. The minimum absolute atomic E-state index is 0.0683. The maximum absolute atomic E-state index is 13.0. The first-order valence-corrected chi connectivity index (χ1v) is 11.3. The van der Waals surface area contributed by atoms with Gasteiger partial charge >= 0.3 is 11.9 Å². The molecule has 0 spiro atoms. The molecule has 1 fully saturated rings. The lowest BCUT2D eigenvalue weighted by Crippen LogP contribution is -2.57. The summed E-state index contributed by atoms with van der Waals surface area (Å²) in [5.41, 5.74) is 15.6. The van der Waals surface area contributed by atoms with Crippen LogP contribution in [0.5, 0.6) is 0 Å². The van der Waals surface area contributed by atoms with Gasteiger partial charge in [-0.1, -0.05) is 0 Å². The molecule has 4 atom stereocenters. The van der Waals surface area contributed by atoms with Gasteiger partial charge in [0.15, 0.2) is 5.96 Å². The van der Waals surface area contributed by atoms with Gasteiger partial charge in [0, 0.05) is 13.0 Å². The number of guanidine groups is 1. The fraction of sp³-hybridized carbons (Fsp3) is 0.650. The summed E-state index contributed by atoms with van der Waals surface area (Å²) < 4.78 is 0. The summed E-state index contributed by atoms with van der Waals surface area (Å²) in [6.07, 6.45) is 0.158. The molecule has 0 aromatic carbocycles. The standard InChI is InChI=1S/C20H34N8O8/c21-14(29)6-5-12(19(35)36)27-18(34)13(9-15(30)31)28-17(33)11(4-2-8-25-20(22)23)26-16(32)10-3-1-7-24-10/h10-13,24H,1-9H2,(H2,21,29)(H,26,32)(H,27,34)(H,28,33)(H,30,31)(H,35,36)(H4,22,23,25). The number of nitrogens with zero attached hydrogens (tertiary/aromatic N) is 1. The highest BCUT2D eigenvalue weighted by molar-refractivity contribution is 5.95. The Balaban J connectivity index is 2.96. The number of hydrogen-bond donors (Lipinski definition) is 9. The second kappa shape index (κ2) is 15.1. The summed E-state index contributed by atoms with van der Waals surface area (Å²) in [5, 5.41) is 28.4. The number of carbonyl (C=O) groups is 6. The third-order valence-corrected chi connectivity index (χ3v) is 5.26. The van der Waals surface area contributed by atoms with E-state index in [1.807, 2.05) is 0 Å². The van der Waals surface area contributed by atoms with Crippen LogP contribution >= 0.6 is 0 Å². The Morgan fingerprint density at radius 1 is 0.917 bits per heavy atom. The Bertz CT molecular complexity index is 855. The van der Waals surface area contributed by atoms with Crippen LogP contribution in [0.25, 0.3) is 0 Å². The van der Waals surface area contributed by atoms with E-state index in [-0.39, 0.29) is 38.2 Å². The van der Waals surface area contributed by atoms with Gasteiger partial charge in [0.25, 0.3) is 0 Å². The van der Waals surface area contributed by atoms with Crippen LogP contribution in [-0.4, -0.2) is 89.0 Å². The van der Waals surface area contributed by atoms with E-state index in [4.69, 9.17) is 17.2 Å². The molecule has 0 saturated carbocycles. The lowest BCUT2D eigenvalue weighted by molar-refractivity contribution is -0.143. The number of carbonyl (C=O) groups excluding carboxylic acids is 4. The highest BCUT2D eigenvalue weighted by Crippen LogP contribution is 2.08. The van der Waals surface area contributed by atoms with Crippen LogP contribution in [0, 0.1) is 0 Å². The first-order valence-electron chi connectivity index (χ1n) is 11.3. The third kappa shape index (κ3) is 11.5. The molecule has 0 bridgehead atoms. The Labute approximate surface area is 206 Å². The first kappa shape index (κ1) is 30.1. The number of amides is 4. The zero-order valence-electron chi connectivity index (χ0n) is 19.7. The Morgan fingerprint density at radius 3 is 2.08 bits per heavy atom. The quantitative estimate of drug-likeness (QED) is 0.0544. The summed E-state index contributed by atoms with van der Waals surface area (Å²) in [4.78, 5) is 75.7. The summed E-state index contributed by atoms with van der Waals surface area (Å²) in [6, 6.07) is -4.85. The van der Waals surface area contributed by atoms with Crippen molar-refractivity contribution in [3.8, 4) is 0 Å². The van der Waals surface area contributed by atoms with E-state index < -0.39 is 66.2 Å². The lowest BCUT2D eigenvalue weighted by Gasteiger charge is -2.24. The maximum atomic E-state index is 13.0. The summed E-state index contributed by atoms with van der Waals surface area (Å²) >= 11 is 0. The monoisotopic (exact) mass is 514 g/mol. The predicted molar refractivity (Wildman–Crippen MR) is 125 cm³/mol. The third-order valence-electron chi connectivity index (χ3n) is 5.26. The van der Waals surface area contributed by atoms with Gasteiger partial charge in [-0.05, 0) is 38.6 Å².